The number of amides is 1. The molecule has 0 atom stereocenters. The lowest BCUT2D eigenvalue weighted by molar-refractivity contribution is 0.0924. The normalized spacial score (nSPS) is 10.7. The number of nitriles is 1. The molecule has 1 amide bonds. The second kappa shape index (κ2) is 4.50. The van der Waals surface area contributed by atoms with E-state index in [0.717, 1.165) is 5.56 Å². The maximum atomic E-state index is 11.7. The molecule has 0 spiro atoms. The average molecular weight is 238 g/mol. The van der Waals surface area contributed by atoms with Crippen LogP contribution >= 0.6 is 11.6 Å². The van der Waals surface area contributed by atoms with Gasteiger partial charge in [-0.2, -0.15) is 5.26 Å². The van der Waals surface area contributed by atoms with Crippen molar-refractivity contribution in [3.8, 4) is 6.07 Å². The summed E-state index contributed by atoms with van der Waals surface area (Å²) >= 11 is 5.88. The Morgan fingerprint density at radius 3 is 2.75 bits per heavy atom. The van der Waals surface area contributed by atoms with Crippen LogP contribution < -0.4 is 5.32 Å². The fourth-order valence-electron chi connectivity index (χ4n) is 0.999. The van der Waals surface area contributed by atoms with Gasteiger partial charge >= 0.3 is 0 Å². The van der Waals surface area contributed by atoms with Crippen molar-refractivity contribution < 1.29 is 4.79 Å². The van der Waals surface area contributed by atoms with E-state index in [1.165, 1.54) is 12.3 Å². The average Bonchev–Trinajstić information content (AvgIpc) is 2.21. The maximum Gasteiger partial charge on any atom is 0.271 e. The molecular weight excluding hydrogens is 226 g/mol. The third-order valence-electron chi connectivity index (χ3n) is 1.98. The van der Waals surface area contributed by atoms with Crippen molar-refractivity contribution in [1.29, 1.82) is 5.26 Å². The minimum atomic E-state index is -0.921. The first kappa shape index (κ1) is 12.5. The Hall–Kier alpha value is -1.60. The fourth-order valence-corrected chi connectivity index (χ4v) is 1.15. The van der Waals surface area contributed by atoms with Gasteiger partial charge in [0.05, 0.1) is 6.07 Å². The van der Waals surface area contributed by atoms with Crippen LogP contribution in [-0.4, -0.2) is 16.4 Å². The van der Waals surface area contributed by atoms with Crippen LogP contribution in [0.25, 0.3) is 0 Å². The van der Waals surface area contributed by atoms with Crippen molar-refractivity contribution >= 4 is 17.5 Å². The lowest BCUT2D eigenvalue weighted by Gasteiger charge is -2.17. The Bertz CT molecular complexity index is 463. The van der Waals surface area contributed by atoms with Crippen LogP contribution in [0.15, 0.2) is 12.3 Å². The van der Waals surface area contributed by atoms with E-state index in [1.807, 2.05) is 6.07 Å². The molecule has 1 heterocycles. The highest BCUT2D eigenvalue weighted by Crippen LogP contribution is 2.14. The molecule has 0 bridgehead atoms. The van der Waals surface area contributed by atoms with Crippen molar-refractivity contribution in [2.45, 2.75) is 26.3 Å². The van der Waals surface area contributed by atoms with Crippen LogP contribution in [0.1, 0.15) is 29.9 Å². The van der Waals surface area contributed by atoms with E-state index in [4.69, 9.17) is 16.9 Å². The fraction of sp³-hybridized carbons (Fsp3) is 0.364. The number of halogens is 1. The minimum Gasteiger partial charge on any atom is -0.333 e. The van der Waals surface area contributed by atoms with Crippen molar-refractivity contribution in [2.24, 2.45) is 0 Å². The van der Waals surface area contributed by atoms with Gasteiger partial charge in [-0.3, -0.25) is 9.78 Å². The van der Waals surface area contributed by atoms with Crippen molar-refractivity contribution in [3.63, 3.8) is 0 Å². The van der Waals surface area contributed by atoms with E-state index in [0.29, 0.717) is 5.02 Å². The van der Waals surface area contributed by atoms with Gasteiger partial charge in [-0.25, -0.2) is 0 Å². The molecule has 0 aliphatic heterocycles. The number of hydrogen-bond acceptors (Lipinski definition) is 3. The Balaban J connectivity index is 2.91. The summed E-state index contributed by atoms with van der Waals surface area (Å²) in [4.78, 5) is 15.7. The molecule has 0 aromatic carbocycles. The van der Waals surface area contributed by atoms with E-state index in [1.54, 1.807) is 20.8 Å². The van der Waals surface area contributed by atoms with Crippen LogP contribution in [0.4, 0.5) is 0 Å². The summed E-state index contributed by atoms with van der Waals surface area (Å²) in [5.74, 6) is -0.409. The summed E-state index contributed by atoms with van der Waals surface area (Å²) in [7, 11) is 0. The molecule has 0 unspecified atom stereocenters. The largest absolute Gasteiger partial charge is 0.333 e. The maximum absolute atomic E-state index is 11.7. The molecule has 0 fully saturated rings. The standard InChI is InChI=1S/C11H12ClN3O/c1-7-5-14-9(4-8(7)12)10(16)15-11(2,3)6-13/h4-5H,1-3H3,(H,15,16). The minimum absolute atomic E-state index is 0.207. The third kappa shape index (κ3) is 2.94. The first-order chi connectivity index (χ1) is 7.35. The number of rotatable bonds is 2. The number of nitrogens with one attached hydrogen (secondary N) is 1. The Morgan fingerprint density at radius 1 is 1.62 bits per heavy atom. The van der Waals surface area contributed by atoms with E-state index >= 15 is 0 Å². The van der Waals surface area contributed by atoms with Gasteiger partial charge in [-0.1, -0.05) is 11.6 Å². The second-order valence-corrected chi connectivity index (χ2v) is 4.42. The number of aryl methyl sites for hydroxylation is 1. The number of pyridine rings is 1. The lowest BCUT2D eigenvalue weighted by Crippen LogP contribution is -2.42. The van der Waals surface area contributed by atoms with E-state index in [-0.39, 0.29) is 5.69 Å². The summed E-state index contributed by atoms with van der Waals surface area (Å²) < 4.78 is 0. The van der Waals surface area contributed by atoms with Gasteiger partial charge in [0, 0.05) is 11.2 Å². The topological polar surface area (TPSA) is 65.8 Å². The molecule has 1 aromatic rings. The summed E-state index contributed by atoms with van der Waals surface area (Å²) in [6.07, 6.45) is 1.52. The molecule has 0 radical (unpaired) electrons. The molecule has 84 valence electrons. The summed E-state index contributed by atoms with van der Waals surface area (Å²) in [6, 6.07) is 3.46. The highest BCUT2D eigenvalue weighted by Gasteiger charge is 2.21. The van der Waals surface area contributed by atoms with Crippen LogP contribution in [0.3, 0.4) is 0 Å². The SMILES string of the molecule is Cc1cnc(C(=O)NC(C)(C)C#N)cc1Cl. The van der Waals surface area contributed by atoms with Gasteiger partial charge in [0.1, 0.15) is 11.2 Å². The molecule has 0 saturated heterocycles. The van der Waals surface area contributed by atoms with Gasteiger partial charge in [-0.15, -0.1) is 0 Å². The van der Waals surface area contributed by atoms with E-state index in [2.05, 4.69) is 10.3 Å². The predicted molar refractivity (Wildman–Crippen MR) is 61.1 cm³/mol. The molecule has 1 aromatic heterocycles. The zero-order valence-corrected chi connectivity index (χ0v) is 10.1. The van der Waals surface area contributed by atoms with Crippen molar-refractivity contribution in [1.82, 2.24) is 10.3 Å². The van der Waals surface area contributed by atoms with Gasteiger partial charge in [0.2, 0.25) is 0 Å². The monoisotopic (exact) mass is 237 g/mol. The number of hydrogen-bond donors (Lipinski definition) is 1. The number of aromatic nitrogens is 1. The number of nitrogens with zero attached hydrogens (tertiary/aromatic N) is 2. The molecule has 0 saturated carbocycles. The van der Waals surface area contributed by atoms with Gasteiger partial charge in [-0.05, 0) is 32.4 Å². The van der Waals surface area contributed by atoms with Crippen LogP contribution in [-0.2, 0) is 0 Å². The Morgan fingerprint density at radius 2 is 2.25 bits per heavy atom. The highest BCUT2D eigenvalue weighted by molar-refractivity contribution is 6.31. The zero-order chi connectivity index (χ0) is 12.3. The highest BCUT2D eigenvalue weighted by atomic mass is 35.5. The predicted octanol–water partition coefficient (Wildman–Crippen LogP) is 2.08. The summed E-state index contributed by atoms with van der Waals surface area (Å²) in [5.41, 5.74) is 0.0903. The lowest BCUT2D eigenvalue weighted by atomic mass is 10.1. The van der Waals surface area contributed by atoms with Crippen molar-refractivity contribution in [3.05, 3.63) is 28.5 Å². The van der Waals surface area contributed by atoms with Crippen LogP contribution in [0.5, 0.6) is 0 Å². The quantitative estimate of drug-likeness (QED) is 0.856. The second-order valence-electron chi connectivity index (χ2n) is 4.01. The third-order valence-corrected chi connectivity index (χ3v) is 2.38. The van der Waals surface area contributed by atoms with Crippen molar-refractivity contribution in [2.75, 3.05) is 0 Å². The first-order valence-corrected chi connectivity index (χ1v) is 5.09. The van der Waals surface area contributed by atoms with Gasteiger partial charge in [0.25, 0.3) is 5.91 Å². The molecule has 16 heavy (non-hydrogen) atoms. The molecule has 1 rings (SSSR count). The van der Waals surface area contributed by atoms with Gasteiger partial charge < -0.3 is 5.32 Å². The van der Waals surface area contributed by atoms with E-state index in [9.17, 15) is 4.79 Å². The number of carbonyl (C=O) groups is 1. The van der Waals surface area contributed by atoms with Crippen LogP contribution in [0, 0.1) is 18.3 Å². The number of carbonyl (C=O) groups excluding carboxylic acids is 1. The zero-order valence-electron chi connectivity index (χ0n) is 9.34. The van der Waals surface area contributed by atoms with Crippen LogP contribution in [0.2, 0.25) is 5.02 Å². The summed E-state index contributed by atoms with van der Waals surface area (Å²) in [6.45, 7) is 5.03. The molecular formula is C11H12ClN3O. The molecule has 1 N–H and O–H groups in total. The molecule has 4 nitrogen and oxygen atoms in total. The Kier molecular flexibility index (Phi) is 3.51. The molecule has 0 aliphatic rings. The summed E-state index contributed by atoms with van der Waals surface area (Å²) in [5, 5.41) is 11.8. The first-order valence-electron chi connectivity index (χ1n) is 4.71. The van der Waals surface area contributed by atoms with Gasteiger partial charge in [0.15, 0.2) is 0 Å². The Labute approximate surface area is 99.2 Å². The smallest absolute Gasteiger partial charge is 0.271 e. The molecule has 5 heteroatoms. The van der Waals surface area contributed by atoms with E-state index < -0.39 is 11.4 Å². The molecule has 0 aliphatic carbocycles.